The normalized spacial score (nSPS) is 10.5. The monoisotopic (exact) mass is 306 g/mol. The van der Waals surface area contributed by atoms with Gasteiger partial charge < -0.3 is 9.84 Å². The van der Waals surface area contributed by atoms with Crippen LogP contribution in [-0.4, -0.2) is 21.0 Å². The molecule has 0 unspecified atom stereocenters. The summed E-state index contributed by atoms with van der Waals surface area (Å²) in [6.45, 7) is 5.61. The highest BCUT2D eigenvalue weighted by Crippen LogP contribution is 2.26. The molecular weight excluding hydrogens is 292 g/mol. The lowest BCUT2D eigenvalue weighted by Gasteiger charge is -2.10. The van der Waals surface area contributed by atoms with Gasteiger partial charge in [0.1, 0.15) is 12.4 Å². The number of hydrogen-bond donors (Lipinski definition) is 1. The summed E-state index contributed by atoms with van der Waals surface area (Å²) in [7, 11) is 0. The van der Waals surface area contributed by atoms with Crippen molar-refractivity contribution in [2.75, 3.05) is 0 Å². The molecule has 0 atom stereocenters. The Balaban J connectivity index is 2.13. The number of carboxylic acids is 1. The topological polar surface area (TPSA) is 72.3 Å². The van der Waals surface area contributed by atoms with Crippen LogP contribution in [0.15, 0.2) is 18.3 Å². The summed E-state index contributed by atoms with van der Waals surface area (Å²) in [5.41, 5.74) is 2.38. The first-order valence-electron chi connectivity index (χ1n) is 6.34. The first-order chi connectivity index (χ1) is 9.88. The Labute approximate surface area is 127 Å². The quantitative estimate of drug-likeness (QED) is 0.938. The van der Waals surface area contributed by atoms with E-state index in [0.717, 1.165) is 16.1 Å². The Morgan fingerprint density at radius 3 is 2.43 bits per heavy atom. The predicted molar refractivity (Wildman–Crippen MR) is 79.0 cm³/mol. The van der Waals surface area contributed by atoms with E-state index in [0.29, 0.717) is 17.3 Å². The van der Waals surface area contributed by atoms with Crippen molar-refractivity contribution in [1.82, 2.24) is 9.97 Å². The summed E-state index contributed by atoms with van der Waals surface area (Å²) >= 11 is 6.10. The summed E-state index contributed by atoms with van der Waals surface area (Å²) in [6.07, 6.45) is 1.29. The van der Waals surface area contributed by atoms with E-state index in [1.54, 1.807) is 6.92 Å². The van der Waals surface area contributed by atoms with Crippen LogP contribution in [0.25, 0.3) is 0 Å². The summed E-state index contributed by atoms with van der Waals surface area (Å²) in [5, 5.41) is 9.65. The van der Waals surface area contributed by atoms with Gasteiger partial charge in [-0.05, 0) is 44.0 Å². The molecule has 0 spiro atoms. The fraction of sp³-hybridized carbons (Fsp3) is 0.267. The number of ether oxygens (including phenoxy) is 1. The third-order valence-electron chi connectivity index (χ3n) is 3.04. The summed E-state index contributed by atoms with van der Waals surface area (Å²) < 4.78 is 5.63. The molecule has 0 amide bonds. The minimum atomic E-state index is -1.04. The van der Waals surface area contributed by atoms with Gasteiger partial charge in [0.15, 0.2) is 5.82 Å². The van der Waals surface area contributed by atoms with Crippen molar-refractivity contribution in [3.8, 4) is 5.75 Å². The second-order valence-electron chi connectivity index (χ2n) is 4.75. The second kappa shape index (κ2) is 6.10. The summed E-state index contributed by atoms with van der Waals surface area (Å²) in [4.78, 5) is 19.0. The number of carboxylic acid groups (broad SMARTS) is 1. The third kappa shape index (κ3) is 3.49. The number of aromatic carboxylic acids is 1. The zero-order valence-electron chi connectivity index (χ0n) is 12.0. The second-order valence-corrected chi connectivity index (χ2v) is 5.13. The van der Waals surface area contributed by atoms with Crippen LogP contribution in [0.3, 0.4) is 0 Å². The van der Waals surface area contributed by atoms with Crippen LogP contribution >= 0.6 is 11.6 Å². The first kappa shape index (κ1) is 15.3. The molecule has 21 heavy (non-hydrogen) atoms. The number of aromatic nitrogens is 2. The molecule has 0 radical (unpaired) electrons. The Hall–Kier alpha value is -2.14. The lowest BCUT2D eigenvalue weighted by atomic mass is 10.1. The fourth-order valence-electron chi connectivity index (χ4n) is 1.93. The van der Waals surface area contributed by atoms with Gasteiger partial charge in [-0.15, -0.1) is 0 Å². The Morgan fingerprint density at radius 1 is 1.29 bits per heavy atom. The van der Waals surface area contributed by atoms with Crippen LogP contribution < -0.4 is 4.74 Å². The minimum Gasteiger partial charge on any atom is -0.486 e. The van der Waals surface area contributed by atoms with Crippen LogP contribution in [0, 0.1) is 20.8 Å². The highest BCUT2D eigenvalue weighted by Gasteiger charge is 2.10. The molecular formula is C15H15ClN2O3. The molecule has 1 N–H and O–H groups in total. The van der Waals surface area contributed by atoms with Crippen LogP contribution in [0.4, 0.5) is 0 Å². The minimum absolute atomic E-state index is 0.0944. The molecule has 5 nitrogen and oxygen atoms in total. The molecule has 0 fully saturated rings. The molecule has 110 valence electrons. The van der Waals surface area contributed by atoms with Crippen molar-refractivity contribution in [1.29, 1.82) is 0 Å². The van der Waals surface area contributed by atoms with E-state index in [4.69, 9.17) is 21.4 Å². The van der Waals surface area contributed by atoms with Gasteiger partial charge in [-0.1, -0.05) is 11.6 Å². The number of carbonyl (C=O) groups is 1. The number of benzene rings is 1. The van der Waals surface area contributed by atoms with E-state index in [2.05, 4.69) is 9.97 Å². The van der Waals surface area contributed by atoms with E-state index in [1.807, 2.05) is 26.0 Å². The molecule has 1 heterocycles. The van der Waals surface area contributed by atoms with Gasteiger partial charge in [0, 0.05) is 11.2 Å². The van der Waals surface area contributed by atoms with E-state index < -0.39 is 5.97 Å². The van der Waals surface area contributed by atoms with Gasteiger partial charge in [0.25, 0.3) is 0 Å². The zero-order valence-corrected chi connectivity index (χ0v) is 12.7. The van der Waals surface area contributed by atoms with Crippen molar-refractivity contribution >= 4 is 17.6 Å². The molecule has 1 aromatic heterocycles. The standard InChI is InChI=1S/C15H15ClN2O3/c1-8-4-11(5-9(2)14(8)16)21-7-13-17-6-12(15(19)20)10(3)18-13/h4-6H,7H2,1-3H3,(H,19,20). The molecule has 0 aliphatic heterocycles. The van der Waals surface area contributed by atoms with Crippen molar-refractivity contribution < 1.29 is 14.6 Å². The molecule has 0 bridgehead atoms. The summed E-state index contributed by atoms with van der Waals surface area (Å²) in [6, 6.07) is 3.68. The largest absolute Gasteiger partial charge is 0.486 e. The smallest absolute Gasteiger partial charge is 0.339 e. The van der Waals surface area contributed by atoms with Crippen molar-refractivity contribution in [2.24, 2.45) is 0 Å². The maximum atomic E-state index is 10.9. The predicted octanol–water partition coefficient (Wildman–Crippen LogP) is 3.33. The SMILES string of the molecule is Cc1cc(OCc2ncc(C(=O)O)c(C)n2)cc(C)c1Cl. The Morgan fingerprint density at radius 2 is 1.90 bits per heavy atom. The average molecular weight is 307 g/mol. The number of hydrogen-bond acceptors (Lipinski definition) is 4. The van der Waals surface area contributed by atoms with Crippen LogP contribution in [0.2, 0.25) is 5.02 Å². The van der Waals surface area contributed by atoms with Gasteiger partial charge in [-0.3, -0.25) is 0 Å². The van der Waals surface area contributed by atoms with Crippen LogP contribution in [0.1, 0.15) is 33.0 Å². The molecule has 2 aromatic rings. The van der Waals surface area contributed by atoms with Gasteiger partial charge in [-0.25, -0.2) is 14.8 Å². The average Bonchev–Trinajstić information content (AvgIpc) is 2.42. The molecule has 6 heteroatoms. The van der Waals surface area contributed by atoms with Gasteiger partial charge in [0.2, 0.25) is 0 Å². The highest BCUT2D eigenvalue weighted by atomic mass is 35.5. The van der Waals surface area contributed by atoms with E-state index >= 15 is 0 Å². The van der Waals surface area contributed by atoms with Gasteiger partial charge in [0.05, 0.1) is 11.3 Å². The zero-order chi connectivity index (χ0) is 15.6. The molecule has 2 rings (SSSR count). The van der Waals surface area contributed by atoms with Crippen molar-refractivity contribution in [3.63, 3.8) is 0 Å². The number of halogens is 1. The maximum absolute atomic E-state index is 10.9. The molecule has 1 aromatic carbocycles. The Kier molecular flexibility index (Phi) is 4.43. The third-order valence-corrected chi connectivity index (χ3v) is 3.63. The summed E-state index contributed by atoms with van der Waals surface area (Å²) in [5.74, 6) is 0.0737. The molecule has 0 aliphatic rings. The molecule has 0 aliphatic carbocycles. The van der Waals surface area contributed by atoms with Gasteiger partial charge in [-0.2, -0.15) is 0 Å². The Bertz CT molecular complexity index is 678. The van der Waals surface area contributed by atoms with Crippen molar-refractivity contribution in [3.05, 3.63) is 51.6 Å². The first-order valence-corrected chi connectivity index (χ1v) is 6.71. The maximum Gasteiger partial charge on any atom is 0.339 e. The van der Waals surface area contributed by atoms with Crippen molar-refractivity contribution in [2.45, 2.75) is 27.4 Å². The number of rotatable bonds is 4. The van der Waals surface area contributed by atoms with E-state index in [-0.39, 0.29) is 12.2 Å². The number of nitrogens with zero attached hydrogens (tertiary/aromatic N) is 2. The lowest BCUT2D eigenvalue weighted by Crippen LogP contribution is -2.08. The van der Waals surface area contributed by atoms with Gasteiger partial charge >= 0.3 is 5.97 Å². The van der Waals surface area contributed by atoms with E-state index in [1.165, 1.54) is 6.20 Å². The fourth-order valence-corrected chi connectivity index (χ4v) is 2.04. The molecule has 0 saturated heterocycles. The molecule has 0 saturated carbocycles. The number of aryl methyl sites for hydroxylation is 3. The lowest BCUT2D eigenvalue weighted by molar-refractivity contribution is 0.0695. The van der Waals surface area contributed by atoms with Crippen LogP contribution in [0.5, 0.6) is 5.75 Å². The van der Waals surface area contributed by atoms with Crippen LogP contribution in [-0.2, 0) is 6.61 Å². The highest BCUT2D eigenvalue weighted by molar-refractivity contribution is 6.32. The van der Waals surface area contributed by atoms with E-state index in [9.17, 15) is 4.79 Å².